The largest absolute Gasteiger partial charge is 0.481 e. The topological polar surface area (TPSA) is 60.9 Å². The second kappa shape index (κ2) is 7.07. The van der Waals surface area contributed by atoms with Crippen molar-refractivity contribution >= 4 is 11.9 Å². The number of likely N-dealkylation sites (tertiary alicyclic amines) is 1. The Bertz CT molecular complexity index is 347. The van der Waals surface area contributed by atoms with Gasteiger partial charge in [-0.3, -0.25) is 9.59 Å². The summed E-state index contributed by atoms with van der Waals surface area (Å²) in [6.45, 7) is 6.65. The van der Waals surface area contributed by atoms with E-state index in [0.717, 1.165) is 32.5 Å². The second-order valence-corrected chi connectivity index (χ2v) is 6.93. The van der Waals surface area contributed by atoms with E-state index in [1.165, 1.54) is 0 Å². The molecule has 0 atom stereocenters. The number of piperidine rings is 1. The zero-order valence-corrected chi connectivity index (χ0v) is 13.2. The second-order valence-electron chi connectivity index (χ2n) is 6.93. The summed E-state index contributed by atoms with van der Waals surface area (Å²) in [5.74, 6) is -0.223. The van der Waals surface area contributed by atoms with Gasteiger partial charge in [0, 0.05) is 20.0 Å². The molecular weight excluding hydrogens is 256 g/mol. The molecule has 1 heterocycles. The van der Waals surface area contributed by atoms with Gasteiger partial charge < -0.3 is 14.9 Å². The van der Waals surface area contributed by atoms with Crippen LogP contribution in [0.25, 0.3) is 0 Å². The highest BCUT2D eigenvalue weighted by Crippen LogP contribution is 2.26. The van der Waals surface area contributed by atoms with Gasteiger partial charge in [-0.15, -0.1) is 0 Å². The first-order valence-corrected chi connectivity index (χ1v) is 7.34. The van der Waals surface area contributed by atoms with Crippen molar-refractivity contribution < 1.29 is 14.7 Å². The molecule has 1 aliphatic rings. The Hall–Kier alpha value is -1.10. The van der Waals surface area contributed by atoms with E-state index in [2.05, 4.69) is 11.9 Å². The number of hydrogen-bond donors (Lipinski definition) is 1. The van der Waals surface area contributed by atoms with Crippen LogP contribution in [0, 0.1) is 11.3 Å². The molecule has 1 fully saturated rings. The fraction of sp³-hybridized carbons (Fsp3) is 0.867. The number of carboxylic acids is 1. The van der Waals surface area contributed by atoms with Gasteiger partial charge in [-0.05, 0) is 44.3 Å². The van der Waals surface area contributed by atoms with Gasteiger partial charge in [-0.1, -0.05) is 13.8 Å². The van der Waals surface area contributed by atoms with Crippen LogP contribution < -0.4 is 0 Å². The Labute approximate surface area is 121 Å². The lowest BCUT2D eigenvalue weighted by Gasteiger charge is -2.32. The quantitative estimate of drug-likeness (QED) is 0.806. The first kappa shape index (κ1) is 17.0. The van der Waals surface area contributed by atoms with Crippen LogP contribution in [0.1, 0.15) is 39.5 Å². The van der Waals surface area contributed by atoms with Crippen LogP contribution in [0.4, 0.5) is 0 Å². The average molecular weight is 284 g/mol. The Morgan fingerprint density at radius 1 is 1.25 bits per heavy atom. The molecule has 1 saturated heterocycles. The molecule has 5 nitrogen and oxygen atoms in total. The summed E-state index contributed by atoms with van der Waals surface area (Å²) in [6.07, 6.45) is 2.59. The molecule has 1 rings (SSSR count). The van der Waals surface area contributed by atoms with E-state index in [1.807, 2.05) is 20.9 Å². The molecule has 0 spiro atoms. The van der Waals surface area contributed by atoms with Crippen LogP contribution in [0.2, 0.25) is 0 Å². The van der Waals surface area contributed by atoms with Gasteiger partial charge in [-0.2, -0.15) is 0 Å². The van der Waals surface area contributed by atoms with E-state index in [4.69, 9.17) is 5.11 Å². The van der Waals surface area contributed by atoms with Crippen molar-refractivity contribution in [1.82, 2.24) is 9.80 Å². The lowest BCUT2D eigenvalue weighted by molar-refractivity contribution is -0.140. The summed E-state index contributed by atoms with van der Waals surface area (Å²) in [6, 6.07) is 0. The lowest BCUT2D eigenvalue weighted by atomic mass is 9.85. The van der Waals surface area contributed by atoms with E-state index in [0.29, 0.717) is 12.3 Å². The zero-order chi connectivity index (χ0) is 15.3. The van der Waals surface area contributed by atoms with Crippen LogP contribution in [0.5, 0.6) is 0 Å². The predicted octanol–water partition coefficient (Wildman–Crippen LogP) is 1.68. The van der Waals surface area contributed by atoms with Crippen molar-refractivity contribution in [3.63, 3.8) is 0 Å². The maximum Gasteiger partial charge on any atom is 0.303 e. The fourth-order valence-electron chi connectivity index (χ4n) is 2.75. The molecule has 0 aromatic heterocycles. The molecule has 0 aromatic rings. The first-order chi connectivity index (χ1) is 9.19. The van der Waals surface area contributed by atoms with Gasteiger partial charge in [-0.25, -0.2) is 0 Å². The highest BCUT2D eigenvalue weighted by atomic mass is 16.4. The van der Waals surface area contributed by atoms with E-state index < -0.39 is 11.4 Å². The summed E-state index contributed by atoms with van der Waals surface area (Å²) < 4.78 is 0. The van der Waals surface area contributed by atoms with Crippen LogP contribution in [-0.2, 0) is 9.59 Å². The number of carbonyl (C=O) groups is 2. The standard InChI is InChI=1S/C15H28N2O3/c1-15(2,10-14(19)20)9-13(18)17(4)11-12-5-7-16(3)8-6-12/h12H,5-11H2,1-4H3,(H,19,20). The van der Waals surface area contributed by atoms with E-state index in [9.17, 15) is 9.59 Å². The minimum atomic E-state index is -0.847. The molecule has 1 amide bonds. The molecule has 0 aliphatic carbocycles. The molecule has 116 valence electrons. The summed E-state index contributed by atoms with van der Waals surface area (Å²) in [5.41, 5.74) is -0.482. The van der Waals surface area contributed by atoms with Gasteiger partial charge in [0.15, 0.2) is 0 Å². The lowest BCUT2D eigenvalue weighted by Crippen LogP contribution is -2.39. The first-order valence-electron chi connectivity index (χ1n) is 7.34. The molecule has 1 N–H and O–H groups in total. The number of nitrogens with zero attached hydrogens (tertiary/aromatic N) is 2. The van der Waals surface area contributed by atoms with E-state index in [1.54, 1.807) is 4.90 Å². The SMILES string of the molecule is CN1CCC(CN(C)C(=O)CC(C)(C)CC(=O)O)CC1. The number of aliphatic carboxylic acids is 1. The maximum atomic E-state index is 12.2. The minimum absolute atomic E-state index is 0.0286. The molecule has 0 unspecified atom stereocenters. The minimum Gasteiger partial charge on any atom is -0.481 e. The number of hydrogen-bond acceptors (Lipinski definition) is 3. The molecule has 0 aromatic carbocycles. The molecule has 0 radical (unpaired) electrons. The molecule has 0 bridgehead atoms. The monoisotopic (exact) mass is 284 g/mol. The van der Waals surface area contributed by atoms with Crippen molar-refractivity contribution in [2.45, 2.75) is 39.5 Å². The van der Waals surface area contributed by atoms with Crippen LogP contribution in [0.15, 0.2) is 0 Å². The van der Waals surface area contributed by atoms with Crippen molar-refractivity contribution in [3.8, 4) is 0 Å². The third kappa shape index (κ3) is 5.90. The van der Waals surface area contributed by atoms with E-state index >= 15 is 0 Å². The van der Waals surface area contributed by atoms with Crippen molar-refractivity contribution in [3.05, 3.63) is 0 Å². The Balaban J connectivity index is 2.40. The van der Waals surface area contributed by atoms with Crippen molar-refractivity contribution in [2.75, 3.05) is 33.7 Å². The fourth-order valence-corrected chi connectivity index (χ4v) is 2.75. The van der Waals surface area contributed by atoms with Gasteiger partial charge in [0.2, 0.25) is 5.91 Å². The predicted molar refractivity (Wildman–Crippen MR) is 78.5 cm³/mol. The third-order valence-electron chi connectivity index (χ3n) is 4.06. The number of amides is 1. The molecule has 0 saturated carbocycles. The van der Waals surface area contributed by atoms with Crippen LogP contribution >= 0.6 is 0 Å². The van der Waals surface area contributed by atoms with Gasteiger partial charge in [0.1, 0.15) is 0 Å². The summed E-state index contributed by atoms with van der Waals surface area (Å²) in [7, 11) is 3.96. The highest BCUT2D eigenvalue weighted by molar-refractivity contribution is 5.77. The Morgan fingerprint density at radius 3 is 2.30 bits per heavy atom. The highest BCUT2D eigenvalue weighted by Gasteiger charge is 2.28. The van der Waals surface area contributed by atoms with Crippen LogP contribution in [0.3, 0.4) is 0 Å². The van der Waals surface area contributed by atoms with E-state index in [-0.39, 0.29) is 12.3 Å². The zero-order valence-electron chi connectivity index (χ0n) is 13.2. The van der Waals surface area contributed by atoms with Crippen LogP contribution in [-0.4, -0.2) is 60.5 Å². The van der Waals surface area contributed by atoms with Gasteiger partial charge >= 0.3 is 5.97 Å². The molecular formula is C15H28N2O3. The summed E-state index contributed by atoms with van der Waals surface area (Å²) in [5, 5.41) is 8.86. The van der Waals surface area contributed by atoms with Gasteiger partial charge in [0.25, 0.3) is 0 Å². The maximum absolute atomic E-state index is 12.2. The molecule has 20 heavy (non-hydrogen) atoms. The number of carboxylic acid groups (broad SMARTS) is 1. The molecule has 1 aliphatic heterocycles. The van der Waals surface area contributed by atoms with Gasteiger partial charge in [0.05, 0.1) is 6.42 Å². The summed E-state index contributed by atoms with van der Waals surface area (Å²) in [4.78, 5) is 27.1. The molecule has 5 heteroatoms. The smallest absolute Gasteiger partial charge is 0.303 e. The van der Waals surface area contributed by atoms with Crippen molar-refractivity contribution in [2.24, 2.45) is 11.3 Å². The number of rotatable bonds is 6. The average Bonchev–Trinajstić information content (AvgIpc) is 2.29. The normalized spacial score (nSPS) is 18.0. The van der Waals surface area contributed by atoms with Crippen molar-refractivity contribution in [1.29, 1.82) is 0 Å². The summed E-state index contributed by atoms with van der Waals surface area (Å²) >= 11 is 0. The third-order valence-corrected chi connectivity index (χ3v) is 4.06. The number of carbonyl (C=O) groups excluding carboxylic acids is 1. The Kier molecular flexibility index (Phi) is 5.99. The Morgan fingerprint density at radius 2 is 1.80 bits per heavy atom.